The Morgan fingerprint density at radius 1 is 0.308 bits per heavy atom. The van der Waals surface area contributed by atoms with Crippen molar-refractivity contribution in [3.63, 3.8) is 0 Å². The quantitative estimate of drug-likeness (QED) is 0.0298. The zero-order chi connectivity index (χ0) is 101. The van der Waals surface area contributed by atoms with Crippen molar-refractivity contribution < 1.29 is 113 Å². The second-order valence-corrected chi connectivity index (χ2v) is 39.4. The summed E-state index contributed by atoms with van der Waals surface area (Å²) in [5.41, 5.74) is 12.0. The summed E-state index contributed by atoms with van der Waals surface area (Å²) in [5.74, 6) is 3.68. The molecule has 756 valence electrons. The molecule has 0 saturated carbocycles. The topological polar surface area (TPSA) is 358 Å². The largest absolute Gasteiger partial charge is 0.493 e. The molecular weight excluding hydrogens is 1890 g/mol. The summed E-state index contributed by atoms with van der Waals surface area (Å²) in [6.45, 7) is 21.1. The van der Waals surface area contributed by atoms with Crippen molar-refractivity contribution in [1.82, 2.24) is 69.4 Å². The van der Waals surface area contributed by atoms with Gasteiger partial charge in [0.1, 0.15) is 24.2 Å². The molecule has 4 aliphatic carbocycles. The molecule has 0 unspecified atom stereocenters. The summed E-state index contributed by atoms with van der Waals surface area (Å²) >= 11 is 0. The van der Waals surface area contributed by atoms with Crippen molar-refractivity contribution in [1.29, 1.82) is 0 Å². The molecule has 8 aliphatic heterocycles. The van der Waals surface area contributed by atoms with Gasteiger partial charge < -0.3 is 95.4 Å². The number of hydrogen-bond donors (Lipinski definition) is 0. The van der Waals surface area contributed by atoms with Crippen LogP contribution in [0.2, 0.25) is 0 Å². The number of nitrogens with zero attached hydrogens (tertiary/aromatic N) is 14. The molecule has 4 amide bonds. The van der Waals surface area contributed by atoms with Gasteiger partial charge in [-0.3, -0.25) is 49.1 Å². The summed E-state index contributed by atoms with van der Waals surface area (Å²) in [4.78, 5) is 100. The van der Waals surface area contributed by atoms with Crippen LogP contribution in [0.3, 0.4) is 0 Å². The molecule has 8 aromatic heterocycles. The number of fused-ring (bicyclic) bond motifs is 8. The Balaban J connectivity index is 0.000000114. The third kappa shape index (κ3) is 19.8. The fourth-order valence-electron chi connectivity index (χ4n) is 20.0. The molecule has 4 aromatic carbocycles. The normalized spacial score (nSPS) is 17.2. The highest BCUT2D eigenvalue weighted by Gasteiger charge is 2.54. The number of ether oxygens (including phenoxy) is 16. The second-order valence-electron chi connectivity index (χ2n) is 39.4. The smallest absolute Gasteiger partial charge is 0.230 e. The predicted octanol–water partition coefficient (Wildman–Crippen LogP) is 16.2. The SMILES string of the molecule is COc1cc2c(Oc3cnc4c(c3F)C=C(C)C4)ccnc2cc1OCCC(=O)N1CC2(COC2)C1.COc1cc2c(Oc3cnc4c(c3F)C=C(C)C4)ccnc2cc1OCCCC(=O)N1CC2(COC2)C1.COc1cc2c(Oc3cnc4c(c3F)C=C(C)C4)ncnc2cc1OCCC(=O)N1CC2(COC2)C1.COc1cc2c(Oc3cnc4c(c3F)C=C(C)C4)ncnc2cc1OCCCC(=O)N1CC2(COC2)C1. The number of likely N-dealkylation sites (tertiary alicyclic amines) is 4. The fourth-order valence-corrected chi connectivity index (χ4v) is 20.0. The minimum atomic E-state index is -0.474. The number of pyridine rings is 6. The molecule has 24 rings (SSSR count). The van der Waals surface area contributed by atoms with Crippen LogP contribution in [0.1, 0.15) is 111 Å². The molecule has 8 fully saturated rings. The Morgan fingerprint density at radius 3 is 0.856 bits per heavy atom. The second kappa shape index (κ2) is 40.5. The van der Waals surface area contributed by atoms with Crippen molar-refractivity contribution in [2.45, 2.75) is 91.9 Å². The van der Waals surface area contributed by atoms with E-state index < -0.39 is 23.3 Å². The lowest BCUT2D eigenvalue weighted by molar-refractivity contribution is -0.195. The number of amides is 4. The molecule has 8 saturated heterocycles. The van der Waals surface area contributed by atoms with E-state index in [4.69, 9.17) is 75.8 Å². The first-order valence-electron chi connectivity index (χ1n) is 48.4. The van der Waals surface area contributed by atoms with Crippen LogP contribution in [-0.4, -0.2) is 253 Å². The monoisotopic (exact) mass is 1990 g/mol. The summed E-state index contributed by atoms with van der Waals surface area (Å²) in [5, 5.41) is 2.36. The number of carbonyl (C=O) groups is 4. The Kier molecular flexibility index (Phi) is 26.9. The molecule has 0 N–H and O–H groups in total. The van der Waals surface area contributed by atoms with Crippen LogP contribution < -0.4 is 56.8 Å². The molecular formula is C108H106F4N14O20. The number of halogens is 4. The van der Waals surface area contributed by atoms with Crippen molar-refractivity contribution in [3.05, 3.63) is 201 Å². The van der Waals surface area contributed by atoms with Gasteiger partial charge >= 0.3 is 0 Å². The van der Waals surface area contributed by atoms with E-state index in [1.807, 2.05) is 47.3 Å². The zero-order valence-electron chi connectivity index (χ0n) is 81.9. The van der Waals surface area contributed by atoms with E-state index in [9.17, 15) is 19.2 Å². The molecule has 0 bridgehead atoms. The third-order valence-electron chi connectivity index (χ3n) is 28.0. The maximum Gasteiger partial charge on any atom is 0.230 e. The number of carbonyl (C=O) groups excluding carboxylic acids is 4. The lowest BCUT2D eigenvalue weighted by atomic mass is 9.78. The number of methoxy groups -OCH3 is 4. The van der Waals surface area contributed by atoms with Crippen molar-refractivity contribution in [2.24, 2.45) is 21.7 Å². The van der Waals surface area contributed by atoms with Crippen LogP contribution in [-0.2, 0) is 63.8 Å². The van der Waals surface area contributed by atoms with Gasteiger partial charge in [-0.2, -0.15) is 0 Å². The molecule has 38 heteroatoms. The van der Waals surface area contributed by atoms with Crippen LogP contribution >= 0.6 is 0 Å². The van der Waals surface area contributed by atoms with E-state index in [1.165, 1.54) is 58.8 Å². The minimum Gasteiger partial charge on any atom is -0.493 e. The Labute approximate surface area is 836 Å². The maximum absolute atomic E-state index is 15.1. The molecule has 12 aromatic rings. The number of allylic oxidation sites excluding steroid dienone is 4. The standard InChI is InChI=1S/C28H28FN3O5.C27H27FN4O5.C27H26FN3O5.C26H25FN4O5/c1-17-8-19-20(9-17)31-12-25(27(19)29)37-22-5-6-30-21-11-24(23(34-2)10-18(21)22)36-7-3-4-26(33)32-13-28(14-32)15-35-16-28;1-16-6-17-19(7-16)29-10-23(25(17)28)37-26-18-8-21(34-2)22(9-20(18)30-15-31-26)36-5-3-4-24(33)32-11-27(12-32)13-35-14-27;1-16-7-18-19(8-16)30-11-24(26(18)28)36-21-3-5-29-20-10-23(22(33-2)9-17(20)21)35-6-4-25(32)31-12-27(13-31)14-34-15-27;1-15-5-16-18(6-15)28-9-22(24(16)27)36-25-17-7-20(33-2)21(8-19(17)29-14-30-25)35-4-3-23(32)31-10-26(11-31)12-34-13-26/h5-6,8,10-12H,3-4,7,9,13-16H2,1-2H3;6,8-10,15H,3-5,7,11-14H2,1-2H3;3,5,7,9-11H,4,6,8,12-15H2,1-2H3;5,7-9,14H,3-4,6,10-13H2,1-2H3. The van der Waals surface area contributed by atoms with Crippen molar-refractivity contribution in [3.8, 4) is 92.3 Å². The van der Waals surface area contributed by atoms with Crippen LogP contribution in [0.4, 0.5) is 17.6 Å². The number of hydrogen-bond acceptors (Lipinski definition) is 30. The van der Waals surface area contributed by atoms with Gasteiger partial charge in [-0.15, -0.1) is 0 Å². The van der Waals surface area contributed by atoms with E-state index in [0.717, 1.165) is 128 Å². The number of rotatable bonds is 30. The van der Waals surface area contributed by atoms with E-state index >= 15 is 17.6 Å². The van der Waals surface area contributed by atoms with Gasteiger partial charge in [-0.1, -0.05) is 46.6 Å². The average molecular weight is 2000 g/mol. The lowest BCUT2D eigenvalue weighted by Gasteiger charge is -2.55. The van der Waals surface area contributed by atoms with E-state index in [2.05, 4.69) is 49.8 Å². The molecule has 12 aliphatic rings. The highest BCUT2D eigenvalue weighted by atomic mass is 19.1. The first-order valence-corrected chi connectivity index (χ1v) is 48.4. The van der Waals surface area contributed by atoms with Crippen LogP contribution in [0.5, 0.6) is 92.3 Å². The van der Waals surface area contributed by atoms with Gasteiger partial charge in [0, 0.05) is 161 Å². The third-order valence-corrected chi connectivity index (χ3v) is 28.0. The molecule has 0 atom stereocenters. The van der Waals surface area contributed by atoms with E-state index in [1.54, 1.807) is 104 Å². The Hall–Kier alpha value is -15.0. The summed E-state index contributed by atoms with van der Waals surface area (Å²) < 4.78 is 151. The lowest BCUT2D eigenvalue weighted by Crippen LogP contribution is -2.67. The Morgan fingerprint density at radius 2 is 0.575 bits per heavy atom. The number of benzene rings is 4. The van der Waals surface area contributed by atoms with Crippen LogP contribution in [0, 0.1) is 44.9 Å². The van der Waals surface area contributed by atoms with Crippen LogP contribution in [0.25, 0.3) is 67.9 Å². The van der Waals surface area contributed by atoms with Crippen molar-refractivity contribution in [2.75, 3.05) is 160 Å². The van der Waals surface area contributed by atoms with Gasteiger partial charge in [-0.05, 0) is 76.9 Å². The molecule has 146 heavy (non-hydrogen) atoms. The predicted molar refractivity (Wildman–Crippen MR) is 524 cm³/mol. The first-order chi connectivity index (χ1) is 70.8. The van der Waals surface area contributed by atoms with Gasteiger partial charge in [0.15, 0.2) is 92.3 Å². The molecule has 34 nitrogen and oxygen atoms in total. The first kappa shape index (κ1) is 97.1. The van der Waals surface area contributed by atoms with Gasteiger partial charge in [0.05, 0.1) is 223 Å². The summed E-state index contributed by atoms with van der Waals surface area (Å²) in [6.07, 6.45) is 23.7. The highest BCUT2D eigenvalue weighted by molar-refractivity contribution is 5.92. The Bertz CT molecular complexity index is 6900. The molecule has 0 radical (unpaired) electrons. The van der Waals surface area contributed by atoms with E-state index in [-0.39, 0.29) is 106 Å². The zero-order valence-corrected chi connectivity index (χ0v) is 81.9. The fraction of sp³-hybridized carbons (Fsp3) is 0.389. The molecule has 16 heterocycles. The summed E-state index contributed by atoms with van der Waals surface area (Å²) in [7, 11) is 6.14. The van der Waals surface area contributed by atoms with Crippen LogP contribution in [0.15, 0.2) is 133 Å². The van der Waals surface area contributed by atoms with Gasteiger partial charge in [0.25, 0.3) is 0 Å². The van der Waals surface area contributed by atoms with Gasteiger partial charge in [-0.25, -0.2) is 37.5 Å². The molecule has 4 spiro atoms. The van der Waals surface area contributed by atoms with E-state index in [0.29, 0.717) is 211 Å². The van der Waals surface area contributed by atoms with Crippen molar-refractivity contribution >= 4 is 91.5 Å². The number of aromatic nitrogens is 10. The minimum absolute atomic E-state index is 0.00776. The maximum atomic E-state index is 15.1. The van der Waals surface area contributed by atoms with Gasteiger partial charge in [0.2, 0.25) is 35.4 Å². The average Bonchev–Trinajstić information content (AvgIpc) is 1.36. The highest BCUT2D eigenvalue weighted by Crippen LogP contribution is 2.48. The summed E-state index contributed by atoms with van der Waals surface area (Å²) in [6, 6.07) is 17.2.